The molecule has 96 valence electrons. The molecule has 0 radical (unpaired) electrons. The highest BCUT2D eigenvalue weighted by Gasteiger charge is 2.23. The minimum atomic E-state index is -1.23. The van der Waals surface area contributed by atoms with Gasteiger partial charge in [-0.05, 0) is 32.1 Å². The van der Waals surface area contributed by atoms with Crippen LogP contribution in [0.1, 0.15) is 18.1 Å². The van der Waals surface area contributed by atoms with Gasteiger partial charge >= 0.3 is 0 Å². The van der Waals surface area contributed by atoms with Crippen LogP contribution in [0.15, 0.2) is 12.1 Å². The van der Waals surface area contributed by atoms with Crippen LogP contribution in [0.5, 0.6) is 0 Å². The topological polar surface area (TPSA) is 52.5 Å². The molecule has 2 atom stereocenters. The summed E-state index contributed by atoms with van der Waals surface area (Å²) in [7, 11) is 1.73. The molecule has 1 rings (SSSR count). The van der Waals surface area contributed by atoms with Crippen LogP contribution in [-0.4, -0.2) is 29.9 Å². The molecule has 0 aliphatic rings. The Labute approximate surface area is 109 Å². The second-order valence-corrected chi connectivity index (χ2v) is 4.50. The van der Waals surface area contributed by atoms with Crippen molar-refractivity contribution in [2.75, 3.05) is 13.6 Å². The Morgan fingerprint density at radius 3 is 2.29 bits per heavy atom. The predicted molar refractivity (Wildman–Crippen MR) is 65.9 cm³/mol. The summed E-state index contributed by atoms with van der Waals surface area (Å²) < 4.78 is 13.0. The number of benzene rings is 1. The van der Waals surface area contributed by atoms with E-state index in [-0.39, 0.29) is 15.6 Å². The first kappa shape index (κ1) is 14.7. The Bertz CT molecular complexity index is 367. The van der Waals surface area contributed by atoms with Crippen LogP contribution in [0.4, 0.5) is 4.39 Å². The molecular formula is C11H14Cl2FNO2. The quantitative estimate of drug-likeness (QED) is 0.775. The van der Waals surface area contributed by atoms with Crippen LogP contribution in [-0.2, 0) is 0 Å². The average molecular weight is 282 g/mol. The van der Waals surface area contributed by atoms with E-state index in [0.29, 0.717) is 13.0 Å². The van der Waals surface area contributed by atoms with E-state index in [2.05, 4.69) is 5.32 Å². The van der Waals surface area contributed by atoms with Gasteiger partial charge in [-0.2, -0.15) is 0 Å². The lowest BCUT2D eigenvalue weighted by Gasteiger charge is -2.20. The number of aliphatic hydroxyl groups is 2. The Balaban J connectivity index is 2.91. The predicted octanol–water partition coefficient (Wildman–Crippen LogP) is 2.14. The fraction of sp³-hybridized carbons (Fsp3) is 0.455. The van der Waals surface area contributed by atoms with Crippen molar-refractivity contribution in [1.29, 1.82) is 0 Å². The van der Waals surface area contributed by atoms with Crippen LogP contribution in [0.2, 0.25) is 10.0 Å². The summed E-state index contributed by atoms with van der Waals surface area (Å²) >= 11 is 11.6. The third kappa shape index (κ3) is 3.79. The first-order chi connectivity index (χ1) is 7.97. The summed E-state index contributed by atoms with van der Waals surface area (Å²) in [5, 5.41) is 22.5. The lowest BCUT2D eigenvalue weighted by Crippen LogP contribution is -2.23. The van der Waals surface area contributed by atoms with Gasteiger partial charge in [0.2, 0.25) is 0 Å². The molecule has 0 heterocycles. The first-order valence-electron chi connectivity index (χ1n) is 5.12. The van der Waals surface area contributed by atoms with Gasteiger partial charge in [-0.15, -0.1) is 0 Å². The first-order valence-corrected chi connectivity index (χ1v) is 5.88. The second kappa shape index (κ2) is 6.52. The maximum atomic E-state index is 13.0. The van der Waals surface area contributed by atoms with Crippen LogP contribution in [0.25, 0.3) is 0 Å². The van der Waals surface area contributed by atoms with Crippen molar-refractivity contribution >= 4 is 23.2 Å². The number of hydrogen-bond donors (Lipinski definition) is 3. The van der Waals surface area contributed by atoms with Gasteiger partial charge in [-0.25, -0.2) is 4.39 Å². The fourth-order valence-corrected chi connectivity index (χ4v) is 2.16. The van der Waals surface area contributed by atoms with Gasteiger partial charge in [-0.1, -0.05) is 23.2 Å². The van der Waals surface area contributed by atoms with Crippen LogP contribution in [0.3, 0.4) is 0 Å². The van der Waals surface area contributed by atoms with Gasteiger partial charge in [0.25, 0.3) is 0 Å². The second-order valence-electron chi connectivity index (χ2n) is 3.69. The Kier molecular flexibility index (Phi) is 5.62. The van der Waals surface area contributed by atoms with Gasteiger partial charge in [0, 0.05) is 5.56 Å². The largest absolute Gasteiger partial charge is 0.390 e. The molecule has 3 N–H and O–H groups in total. The highest BCUT2D eigenvalue weighted by Crippen LogP contribution is 2.33. The molecule has 0 saturated heterocycles. The van der Waals surface area contributed by atoms with E-state index in [9.17, 15) is 14.6 Å². The number of halogens is 3. The van der Waals surface area contributed by atoms with Gasteiger partial charge in [0.15, 0.2) is 0 Å². The Morgan fingerprint density at radius 2 is 1.82 bits per heavy atom. The summed E-state index contributed by atoms with van der Waals surface area (Å²) in [4.78, 5) is 0. The molecule has 0 aliphatic heterocycles. The molecule has 3 nitrogen and oxygen atoms in total. The molecule has 6 heteroatoms. The number of hydrogen-bond acceptors (Lipinski definition) is 3. The van der Waals surface area contributed by atoms with E-state index >= 15 is 0 Å². The van der Waals surface area contributed by atoms with E-state index in [0.717, 1.165) is 12.1 Å². The third-order valence-corrected chi connectivity index (χ3v) is 3.02. The fourth-order valence-electron chi connectivity index (χ4n) is 1.48. The summed E-state index contributed by atoms with van der Waals surface area (Å²) in [6, 6.07) is 2.10. The number of rotatable bonds is 5. The Hall–Kier alpha value is -0.390. The summed E-state index contributed by atoms with van der Waals surface area (Å²) in [5.74, 6) is -0.583. The van der Waals surface area contributed by atoms with Gasteiger partial charge in [-0.3, -0.25) is 0 Å². The molecule has 0 saturated carbocycles. The molecule has 17 heavy (non-hydrogen) atoms. The molecule has 2 unspecified atom stereocenters. The van der Waals surface area contributed by atoms with E-state index in [1.54, 1.807) is 7.05 Å². The lowest BCUT2D eigenvalue weighted by atomic mass is 10.0. The lowest BCUT2D eigenvalue weighted by molar-refractivity contribution is 0.0141. The summed E-state index contributed by atoms with van der Waals surface area (Å²) in [6.07, 6.45) is -1.91. The van der Waals surface area contributed by atoms with Crippen LogP contribution in [0, 0.1) is 5.82 Å². The molecule has 0 amide bonds. The standard InChI is InChI=1S/C11H14Cl2FNO2/c1-15-3-2-9(16)11(17)10-7(12)4-6(14)5-8(10)13/h4-5,9,11,15-17H,2-3H2,1H3. The van der Waals surface area contributed by atoms with Crippen molar-refractivity contribution in [3.8, 4) is 0 Å². The zero-order chi connectivity index (χ0) is 13.0. The normalized spacial score (nSPS) is 14.7. The van der Waals surface area contributed by atoms with Crippen LogP contribution >= 0.6 is 23.2 Å². The van der Waals surface area contributed by atoms with Crippen LogP contribution < -0.4 is 5.32 Å². The van der Waals surface area contributed by atoms with Crippen molar-refractivity contribution in [3.63, 3.8) is 0 Å². The number of aliphatic hydroxyl groups excluding tert-OH is 2. The summed E-state index contributed by atoms with van der Waals surface area (Å²) in [6.45, 7) is 0.536. The summed E-state index contributed by atoms with van der Waals surface area (Å²) in [5.41, 5.74) is 0.151. The molecule has 0 spiro atoms. The molecule has 0 aromatic heterocycles. The van der Waals surface area contributed by atoms with Crippen molar-refractivity contribution in [3.05, 3.63) is 33.6 Å². The molecule has 0 fully saturated rings. The number of nitrogens with one attached hydrogen (secondary N) is 1. The van der Waals surface area contributed by atoms with Gasteiger partial charge < -0.3 is 15.5 Å². The molecule has 0 aliphatic carbocycles. The van der Waals surface area contributed by atoms with Crippen molar-refractivity contribution in [2.24, 2.45) is 0 Å². The van der Waals surface area contributed by atoms with Gasteiger partial charge in [0.05, 0.1) is 16.1 Å². The third-order valence-electron chi connectivity index (χ3n) is 2.39. The van der Waals surface area contributed by atoms with E-state index in [1.165, 1.54) is 0 Å². The van der Waals surface area contributed by atoms with E-state index in [4.69, 9.17) is 23.2 Å². The monoisotopic (exact) mass is 281 g/mol. The van der Waals surface area contributed by atoms with Crippen molar-refractivity contribution < 1.29 is 14.6 Å². The molecule has 1 aromatic carbocycles. The van der Waals surface area contributed by atoms with Gasteiger partial charge in [0.1, 0.15) is 11.9 Å². The smallest absolute Gasteiger partial charge is 0.126 e. The minimum Gasteiger partial charge on any atom is -0.390 e. The maximum absolute atomic E-state index is 13.0. The highest BCUT2D eigenvalue weighted by molar-refractivity contribution is 6.36. The minimum absolute atomic E-state index is 0.00556. The van der Waals surface area contributed by atoms with Crippen molar-refractivity contribution in [1.82, 2.24) is 5.32 Å². The molecule has 1 aromatic rings. The van der Waals surface area contributed by atoms with E-state index < -0.39 is 18.0 Å². The Morgan fingerprint density at radius 1 is 1.29 bits per heavy atom. The van der Waals surface area contributed by atoms with E-state index in [1.807, 2.05) is 0 Å². The SMILES string of the molecule is CNCCC(O)C(O)c1c(Cl)cc(F)cc1Cl. The zero-order valence-corrected chi connectivity index (χ0v) is 10.8. The average Bonchev–Trinajstić information content (AvgIpc) is 2.24. The van der Waals surface area contributed by atoms with Crippen molar-refractivity contribution in [2.45, 2.75) is 18.6 Å². The maximum Gasteiger partial charge on any atom is 0.126 e. The highest BCUT2D eigenvalue weighted by atomic mass is 35.5. The molecule has 0 bridgehead atoms. The molecular weight excluding hydrogens is 268 g/mol. The zero-order valence-electron chi connectivity index (χ0n) is 9.25.